The molecule has 2 unspecified atom stereocenters. The number of fused-ring (bicyclic) bond motifs is 1. The van der Waals surface area contributed by atoms with Gasteiger partial charge in [-0.15, -0.1) is 0 Å². The molecule has 0 aromatic heterocycles. The zero-order chi connectivity index (χ0) is 25.2. The van der Waals surface area contributed by atoms with Gasteiger partial charge in [-0.05, 0) is 66.5 Å². The summed E-state index contributed by atoms with van der Waals surface area (Å²) in [5.41, 5.74) is 3.74. The number of hydrogen-bond acceptors (Lipinski definition) is 4. The lowest BCUT2D eigenvalue weighted by Crippen LogP contribution is -2.47. The summed E-state index contributed by atoms with van der Waals surface area (Å²) in [6.07, 6.45) is -2.14. The molecule has 4 rings (SSSR count). The van der Waals surface area contributed by atoms with E-state index in [-0.39, 0.29) is 11.9 Å². The molecule has 0 radical (unpaired) electrons. The van der Waals surface area contributed by atoms with Crippen molar-refractivity contribution in [2.24, 2.45) is 11.8 Å². The van der Waals surface area contributed by atoms with Gasteiger partial charge in [0.2, 0.25) is 0 Å². The SMILES string of the molecule is CC(C(=O)OCCN1CCN(c2cccc(C(F)(F)F)c2)CC1)c1ccc2c(c1)CC(C(C)C)C2. The minimum absolute atomic E-state index is 0.217. The lowest BCUT2D eigenvalue weighted by Gasteiger charge is -2.36. The highest BCUT2D eigenvalue weighted by Crippen LogP contribution is 2.34. The normalized spacial score (nSPS) is 19.6. The summed E-state index contributed by atoms with van der Waals surface area (Å²) in [6, 6.07) is 11.9. The number of alkyl halides is 3. The monoisotopic (exact) mass is 488 g/mol. The molecule has 0 amide bonds. The topological polar surface area (TPSA) is 32.8 Å². The van der Waals surface area contributed by atoms with Crippen molar-refractivity contribution in [3.05, 3.63) is 64.7 Å². The van der Waals surface area contributed by atoms with Gasteiger partial charge in [0.15, 0.2) is 0 Å². The van der Waals surface area contributed by atoms with E-state index < -0.39 is 11.7 Å². The zero-order valence-electron chi connectivity index (χ0n) is 20.8. The summed E-state index contributed by atoms with van der Waals surface area (Å²) in [6.45, 7) is 10.1. The van der Waals surface area contributed by atoms with E-state index in [2.05, 4.69) is 36.9 Å². The highest BCUT2D eigenvalue weighted by atomic mass is 19.4. The summed E-state index contributed by atoms with van der Waals surface area (Å²) in [7, 11) is 0. The number of esters is 1. The average Bonchev–Trinajstić information content (AvgIpc) is 3.27. The largest absolute Gasteiger partial charge is 0.464 e. The van der Waals surface area contributed by atoms with Crippen LogP contribution in [0, 0.1) is 11.8 Å². The molecular weight excluding hydrogens is 453 g/mol. The Balaban J connectivity index is 1.22. The van der Waals surface area contributed by atoms with Crippen LogP contribution in [0.15, 0.2) is 42.5 Å². The summed E-state index contributed by atoms with van der Waals surface area (Å²) in [5.74, 6) is 0.804. The summed E-state index contributed by atoms with van der Waals surface area (Å²) in [5, 5.41) is 0. The van der Waals surface area contributed by atoms with Gasteiger partial charge in [0.1, 0.15) is 6.61 Å². The lowest BCUT2D eigenvalue weighted by molar-refractivity contribution is -0.145. The van der Waals surface area contributed by atoms with Crippen LogP contribution < -0.4 is 4.90 Å². The second kappa shape index (κ2) is 10.6. The van der Waals surface area contributed by atoms with Gasteiger partial charge in [-0.1, -0.05) is 38.1 Å². The van der Waals surface area contributed by atoms with Gasteiger partial charge in [0.25, 0.3) is 0 Å². The number of piperazine rings is 1. The Bertz CT molecular complexity index is 1030. The molecular formula is C28H35F3N2O2. The van der Waals surface area contributed by atoms with Crippen molar-refractivity contribution >= 4 is 11.7 Å². The van der Waals surface area contributed by atoms with Crippen LogP contribution in [0.25, 0.3) is 0 Å². The molecule has 0 bridgehead atoms. The maximum absolute atomic E-state index is 13.0. The number of rotatable bonds is 7. The molecule has 2 aromatic rings. The molecule has 2 aliphatic rings. The zero-order valence-corrected chi connectivity index (χ0v) is 20.8. The van der Waals surface area contributed by atoms with E-state index in [1.165, 1.54) is 23.3 Å². The third-order valence-corrected chi connectivity index (χ3v) is 7.55. The van der Waals surface area contributed by atoms with E-state index in [4.69, 9.17) is 4.74 Å². The van der Waals surface area contributed by atoms with Gasteiger partial charge in [0, 0.05) is 38.4 Å². The molecule has 1 fully saturated rings. The van der Waals surface area contributed by atoms with Crippen LogP contribution in [0.2, 0.25) is 0 Å². The molecule has 4 nitrogen and oxygen atoms in total. The highest BCUT2D eigenvalue weighted by molar-refractivity contribution is 5.77. The third kappa shape index (κ3) is 6.18. The summed E-state index contributed by atoms with van der Waals surface area (Å²) >= 11 is 0. The van der Waals surface area contributed by atoms with Gasteiger partial charge < -0.3 is 9.64 Å². The first-order valence-electron chi connectivity index (χ1n) is 12.5. The minimum Gasteiger partial charge on any atom is -0.464 e. The predicted molar refractivity (Wildman–Crippen MR) is 132 cm³/mol. The van der Waals surface area contributed by atoms with Crippen LogP contribution in [0.5, 0.6) is 0 Å². The Morgan fingerprint density at radius 2 is 1.71 bits per heavy atom. The molecule has 1 aliphatic carbocycles. The second-order valence-electron chi connectivity index (χ2n) is 10.2. The molecule has 0 saturated carbocycles. The molecule has 1 heterocycles. The third-order valence-electron chi connectivity index (χ3n) is 7.55. The number of nitrogens with zero attached hydrogens (tertiary/aromatic N) is 2. The number of hydrogen-bond donors (Lipinski definition) is 0. The second-order valence-corrected chi connectivity index (χ2v) is 10.2. The highest BCUT2D eigenvalue weighted by Gasteiger charge is 2.31. The number of carbonyl (C=O) groups excluding carboxylic acids is 1. The van der Waals surface area contributed by atoms with Gasteiger partial charge in [-0.3, -0.25) is 9.69 Å². The first-order valence-corrected chi connectivity index (χ1v) is 12.5. The minimum atomic E-state index is -4.34. The van der Waals surface area contributed by atoms with Crippen molar-refractivity contribution in [3.63, 3.8) is 0 Å². The van der Waals surface area contributed by atoms with Gasteiger partial charge >= 0.3 is 12.1 Å². The average molecular weight is 489 g/mol. The first kappa shape index (κ1) is 25.5. The fourth-order valence-corrected chi connectivity index (χ4v) is 5.06. The quantitative estimate of drug-likeness (QED) is 0.479. The summed E-state index contributed by atoms with van der Waals surface area (Å²) < 4.78 is 44.6. The molecule has 0 N–H and O–H groups in total. The fourth-order valence-electron chi connectivity index (χ4n) is 5.06. The Morgan fingerprint density at radius 3 is 2.40 bits per heavy atom. The lowest BCUT2D eigenvalue weighted by atomic mass is 9.93. The number of benzene rings is 2. The van der Waals surface area contributed by atoms with Crippen LogP contribution in [-0.4, -0.2) is 50.2 Å². The molecule has 1 aliphatic heterocycles. The Hall–Kier alpha value is -2.54. The van der Waals surface area contributed by atoms with E-state index >= 15 is 0 Å². The molecule has 190 valence electrons. The van der Waals surface area contributed by atoms with E-state index in [1.54, 1.807) is 6.07 Å². The maximum Gasteiger partial charge on any atom is 0.416 e. The molecule has 7 heteroatoms. The number of halogens is 3. The Kier molecular flexibility index (Phi) is 7.74. The van der Waals surface area contributed by atoms with Gasteiger partial charge in [-0.2, -0.15) is 13.2 Å². The maximum atomic E-state index is 13.0. The Labute approximate surface area is 206 Å². The predicted octanol–water partition coefficient (Wildman–Crippen LogP) is 5.55. The smallest absolute Gasteiger partial charge is 0.416 e. The standard InChI is InChI=1S/C28H35F3N2O2/c1-19(2)23-16-22-8-7-21(15-24(22)17-23)20(3)27(34)35-14-13-32-9-11-33(12-10-32)26-6-4-5-25(18-26)28(29,30)31/h4-8,15,18-20,23H,9-14,16-17H2,1-3H3. The van der Waals surface area contributed by atoms with Gasteiger partial charge in [-0.25, -0.2) is 0 Å². The van der Waals surface area contributed by atoms with Gasteiger partial charge in [0.05, 0.1) is 11.5 Å². The molecule has 2 atom stereocenters. The van der Waals surface area contributed by atoms with Crippen LogP contribution >= 0.6 is 0 Å². The number of carbonyl (C=O) groups is 1. The van der Waals surface area contributed by atoms with Crippen LogP contribution in [-0.2, 0) is 28.5 Å². The molecule has 2 aromatic carbocycles. The van der Waals surface area contributed by atoms with Crippen molar-refractivity contribution < 1.29 is 22.7 Å². The molecule has 0 spiro atoms. The number of ether oxygens (including phenoxy) is 1. The first-order chi connectivity index (χ1) is 16.6. The van der Waals surface area contributed by atoms with Crippen molar-refractivity contribution in [1.82, 2.24) is 4.90 Å². The van der Waals surface area contributed by atoms with Crippen LogP contribution in [0.1, 0.15) is 48.9 Å². The van der Waals surface area contributed by atoms with E-state index in [1.807, 2.05) is 11.8 Å². The molecule has 35 heavy (non-hydrogen) atoms. The molecule has 1 saturated heterocycles. The van der Waals surface area contributed by atoms with Crippen LogP contribution in [0.4, 0.5) is 18.9 Å². The summed E-state index contributed by atoms with van der Waals surface area (Å²) in [4.78, 5) is 16.8. The van der Waals surface area contributed by atoms with Crippen molar-refractivity contribution in [3.8, 4) is 0 Å². The number of anilines is 1. The Morgan fingerprint density at radius 1 is 1.00 bits per heavy atom. The van der Waals surface area contributed by atoms with E-state index in [0.717, 1.165) is 24.5 Å². The van der Waals surface area contributed by atoms with Crippen molar-refractivity contribution in [2.45, 2.75) is 45.7 Å². The van der Waals surface area contributed by atoms with E-state index in [0.29, 0.717) is 56.9 Å². The fraction of sp³-hybridized carbons (Fsp3) is 0.536. The van der Waals surface area contributed by atoms with Crippen molar-refractivity contribution in [1.29, 1.82) is 0 Å². The van der Waals surface area contributed by atoms with Crippen LogP contribution in [0.3, 0.4) is 0 Å². The van der Waals surface area contributed by atoms with E-state index in [9.17, 15) is 18.0 Å². The van der Waals surface area contributed by atoms with Crippen molar-refractivity contribution in [2.75, 3.05) is 44.2 Å².